The molecular weight excluding hydrogens is 342 g/mol. The molecular formula is C21H23N3O3. The summed E-state index contributed by atoms with van der Waals surface area (Å²) < 4.78 is 5.27. The van der Waals surface area contributed by atoms with Crippen LogP contribution in [0.25, 0.3) is 0 Å². The second-order valence-corrected chi connectivity index (χ2v) is 6.97. The van der Waals surface area contributed by atoms with Crippen molar-refractivity contribution in [3.8, 4) is 0 Å². The number of amides is 2. The van der Waals surface area contributed by atoms with Gasteiger partial charge in [-0.25, -0.2) is 0 Å². The Morgan fingerprint density at radius 2 is 1.89 bits per heavy atom. The van der Waals surface area contributed by atoms with Crippen molar-refractivity contribution < 1.29 is 14.3 Å². The molecule has 1 saturated heterocycles. The van der Waals surface area contributed by atoms with E-state index in [4.69, 9.17) is 4.74 Å². The molecule has 2 amide bonds. The first kappa shape index (κ1) is 17.5. The summed E-state index contributed by atoms with van der Waals surface area (Å²) in [6.07, 6.45) is 1.95. The second-order valence-electron chi connectivity index (χ2n) is 6.97. The minimum absolute atomic E-state index is 0.296. The van der Waals surface area contributed by atoms with E-state index >= 15 is 0 Å². The van der Waals surface area contributed by atoms with Gasteiger partial charge in [-0.15, -0.1) is 0 Å². The molecule has 2 aliphatic heterocycles. The molecule has 27 heavy (non-hydrogen) atoms. The molecule has 0 radical (unpaired) electrons. The predicted molar refractivity (Wildman–Crippen MR) is 104 cm³/mol. The summed E-state index contributed by atoms with van der Waals surface area (Å²) in [5.74, 6) is -0.961. The summed E-state index contributed by atoms with van der Waals surface area (Å²) in [7, 11) is 0. The molecule has 0 aromatic heterocycles. The first-order valence-corrected chi connectivity index (χ1v) is 9.33. The van der Waals surface area contributed by atoms with Crippen LogP contribution in [0.15, 0.2) is 48.5 Å². The topological polar surface area (TPSA) is 70.7 Å². The molecule has 1 atom stereocenters. The van der Waals surface area contributed by atoms with Gasteiger partial charge in [-0.1, -0.05) is 18.2 Å². The summed E-state index contributed by atoms with van der Waals surface area (Å²) >= 11 is 0. The van der Waals surface area contributed by atoms with Gasteiger partial charge in [-0.3, -0.25) is 9.59 Å². The lowest BCUT2D eigenvalue weighted by atomic mass is 10.1. The van der Waals surface area contributed by atoms with E-state index in [1.165, 1.54) is 11.3 Å². The van der Waals surface area contributed by atoms with Crippen LogP contribution in [0.4, 0.5) is 17.1 Å². The van der Waals surface area contributed by atoms with Crippen molar-refractivity contribution in [1.82, 2.24) is 5.32 Å². The lowest BCUT2D eigenvalue weighted by Crippen LogP contribution is -2.38. The van der Waals surface area contributed by atoms with Crippen LogP contribution in [0, 0.1) is 5.92 Å². The van der Waals surface area contributed by atoms with E-state index < -0.39 is 11.8 Å². The number of hydrogen-bond acceptors (Lipinski definition) is 4. The van der Waals surface area contributed by atoms with Gasteiger partial charge in [-0.05, 0) is 48.7 Å². The van der Waals surface area contributed by atoms with Crippen molar-refractivity contribution in [2.24, 2.45) is 5.92 Å². The molecule has 0 saturated carbocycles. The maximum atomic E-state index is 12.1. The Bertz CT molecular complexity index is 829. The number of nitrogens with one attached hydrogen (secondary N) is 2. The number of carbonyl (C=O) groups is 2. The maximum absolute atomic E-state index is 12.1. The van der Waals surface area contributed by atoms with Gasteiger partial charge in [0.25, 0.3) is 0 Å². The quantitative estimate of drug-likeness (QED) is 0.817. The molecule has 6 nitrogen and oxygen atoms in total. The van der Waals surface area contributed by atoms with Crippen LogP contribution in [0.3, 0.4) is 0 Å². The fraction of sp³-hybridized carbons (Fsp3) is 0.333. The number of hydrogen-bond donors (Lipinski definition) is 2. The van der Waals surface area contributed by atoms with Crippen LogP contribution < -0.4 is 15.5 Å². The highest BCUT2D eigenvalue weighted by Crippen LogP contribution is 2.34. The number of benzene rings is 2. The molecule has 2 aromatic carbocycles. The first-order valence-electron chi connectivity index (χ1n) is 9.33. The first-order chi connectivity index (χ1) is 13.2. The van der Waals surface area contributed by atoms with Crippen LogP contribution in [-0.4, -0.2) is 38.1 Å². The van der Waals surface area contributed by atoms with Crippen molar-refractivity contribution >= 4 is 28.9 Å². The Labute approximate surface area is 158 Å². The van der Waals surface area contributed by atoms with E-state index in [0.717, 1.165) is 31.7 Å². The normalized spacial score (nSPS) is 18.2. The molecule has 1 fully saturated rings. The van der Waals surface area contributed by atoms with Crippen LogP contribution in [0.2, 0.25) is 0 Å². The highest BCUT2D eigenvalue weighted by atomic mass is 16.5. The second kappa shape index (κ2) is 7.80. The lowest BCUT2D eigenvalue weighted by molar-refractivity contribution is -0.136. The molecule has 6 heteroatoms. The number of ether oxygens (including phenoxy) is 1. The molecule has 2 aromatic rings. The zero-order valence-corrected chi connectivity index (χ0v) is 15.1. The standard InChI is InChI=1S/C21H23N3O3/c25-20(22-13-15-10-12-27-14-15)21(26)23-17-5-7-18(8-6-17)24-11-9-16-3-1-2-4-19(16)24/h1-8,15H,9-14H2,(H,22,25)(H,23,26). The van der Waals surface area contributed by atoms with E-state index in [1.807, 2.05) is 30.3 Å². The van der Waals surface area contributed by atoms with Crippen LogP contribution >= 0.6 is 0 Å². The largest absolute Gasteiger partial charge is 0.381 e. The lowest BCUT2D eigenvalue weighted by Gasteiger charge is -2.20. The number of para-hydroxylation sites is 1. The van der Waals surface area contributed by atoms with Crippen molar-refractivity contribution in [1.29, 1.82) is 0 Å². The molecule has 140 valence electrons. The van der Waals surface area contributed by atoms with E-state index in [9.17, 15) is 9.59 Å². The number of fused-ring (bicyclic) bond motifs is 1. The number of nitrogens with zero attached hydrogens (tertiary/aromatic N) is 1. The zero-order chi connectivity index (χ0) is 18.6. The average molecular weight is 365 g/mol. The molecule has 0 aliphatic carbocycles. The van der Waals surface area contributed by atoms with Gasteiger partial charge in [0.15, 0.2) is 0 Å². The minimum atomic E-state index is -0.645. The van der Waals surface area contributed by atoms with Crippen molar-refractivity contribution in [3.63, 3.8) is 0 Å². The fourth-order valence-corrected chi connectivity index (χ4v) is 3.58. The maximum Gasteiger partial charge on any atom is 0.313 e. The monoisotopic (exact) mass is 365 g/mol. The third-order valence-corrected chi connectivity index (χ3v) is 5.11. The third-order valence-electron chi connectivity index (χ3n) is 5.11. The van der Waals surface area contributed by atoms with Gasteiger partial charge in [-0.2, -0.15) is 0 Å². The van der Waals surface area contributed by atoms with E-state index in [-0.39, 0.29) is 0 Å². The van der Waals surface area contributed by atoms with Gasteiger partial charge in [0.05, 0.1) is 6.61 Å². The molecule has 0 spiro atoms. The summed E-state index contributed by atoms with van der Waals surface area (Å²) in [4.78, 5) is 26.3. The highest BCUT2D eigenvalue weighted by Gasteiger charge is 2.21. The smallest absolute Gasteiger partial charge is 0.313 e. The van der Waals surface area contributed by atoms with Crippen molar-refractivity contribution in [2.75, 3.05) is 36.5 Å². The average Bonchev–Trinajstić information content (AvgIpc) is 3.36. The summed E-state index contributed by atoms with van der Waals surface area (Å²) in [6, 6.07) is 16.0. The summed E-state index contributed by atoms with van der Waals surface area (Å²) in [5.41, 5.74) is 4.25. The number of anilines is 3. The molecule has 0 bridgehead atoms. The van der Waals surface area contributed by atoms with Crippen LogP contribution in [0.5, 0.6) is 0 Å². The Kier molecular flexibility index (Phi) is 5.07. The SMILES string of the molecule is O=C(NCC1CCOC1)C(=O)Nc1ccc(N2CCc3ccccc32)cc1. The molecule has 2 aliphatic rings. The van der Waals surface area contributed by atoms with Crippen LogP contribution in [-0.2, 0) is 20.7 Å². The minimum Gasteiger partial charge on any atom is -0.381 e. The van der Waals surface area contributed by atoms with Crippen molar-refractivity contribution in [2.45, 2.75) is 12.8 Å². The Morgan fingerprint density at radius 1 is 1.07 bits per heavy atom. The van der Waals surface area contributed by atoms with Gasteiger partial charge in [0, 0.05) is 42.7 Å². The summed E-state index contributed by atoms with van der Waals surface area (Å²) in [5, 5.41) is 5.33. The van der Waals surface area contributed by atoms with E-state index in [2.05, 4.69) is 33.7 Å². The Balaban J connectivity index is 1.34. The molecule has 2 N–H and O–H groups in total. The van der Waals surface area contributed by atoms with Gasteiger partial charge < -0.3 is 20.3 Å². The molecule has 2 heterocycles. The van der Waals surface area contributed by atoms with E-state index in [0.29, 0.717) is 24.8 Å². The van der Waals surface area contributed by atoms with Gasteiger partial charge in [0.2, 0.25) is 0 Å². The number of carbonyl (C=O) groups excluding carboxylic acids is 2. The number of rotatable bonds is 4. The molecule has 4 rings (SSSR count). The Hall–Kier alpha value is -2.86. The fourth-order valence-electron chi connectivity index (χ4n) is 3.58. The third kappa shape index (κ3) is 3.95. The van der Waals surface area contributed by atoms with E-state index in [1.54, 1.807) is 0 Å². The van der Waals surface area contributed by atoms with Crippen molar-refractivity contribution in [3.05, 3.63) is 54.1 Å². The molecule has 1 unspecified atom stereocenters. The van der Waals surface area contributed by atoms with Crippen LogP contribution in [0.1, 0.15) is 12.0 Å². The zero-order valence-electron chi connectivity index (χ0n) is 15.1. The predicted octanol–water partition coefficient (Wildman–Crippen LogP) is 2.47. The highest BCUT2D eigenvalue weighted by molar-refractivity contribution is 6.39. The van der Waals surface area contributed by atoms with Gasteiger partial charge >= 0.3 is 11.8 Å². The summed E-state index contributed by atoms with van der Waals surface area (Å²) in [6.45, 7) is 2.78. The van der Waals surface area contributed by atoms with Gasteiger partial charge in [0.1, 0.15) is 0 Å². The Morgan fingerprint density at radius 3 is 2.67 bits per heavy atom.